The first kappa shape index (κ1) is 18.5. The van der Waals surface area contributed by atoms with E-state index in [1.807, 2.05) is 31.2 Å². The number of hydrogen-bond donors (Lipinski definition) is 0. The second-order valence-corrected chi connectivity index (χ2v) is 7.70. The Morgan fingerprint density at radius 3 is 2.83 bits per heavy atom. The van der Waals surface area contributed by atoms with Gasteiger partial charge in [-0.15, -0.1) is 10.2 Å². The van der Waals surface area contributed by atoms with Crippen molar-refractivity contribution < 1.29 is 13.9 Å². The Hall–Kier alpha value is -3.52. The zero-order valence-electron chi connectivity index (χ0n) is 16.1. The van der Waals surface area contributed by atoms with E-state index in [0.29, 0.717) is 34.0 Å². The molecule has 3 heterocycles. The molecule has 0 spiro atoms. The fourth-order valence-electron chi connectivity index (χ4n) is 3.70. The summed E-state index contributed by atoms with van der Waals surface area (Å²) in [6.45, 7) is 2.61. The molecular weight excluding hydrogens is 402 g/mol. The Bertz CT molecular complexity index is 1300. The van der Waals surface area contributed by atoms with Crippen LogP contribution in [0.2, 0.25) is 0 Å². The van der Waals surface area contributed by atoms with Crippen molar-refractivity contribution in [3.63, 3.8) is 0 Å². The number of benzene rings is 2. The molecule has 4 aromatic rings. The molecule has 0 saturated heterocycles. The van der Waals surface area contributed by atoms with E-state index >= 15 is 0 Å². The first-order chi connectivity index (χ1) is 14.7. The third kappa shape index (κ3) is 2.88. The van der Waals surface area contributed by atoms with E-state index in [1.54, 1.807) is 29.8 Å². The lowest BCUT2D eigenvalue weighted by Gasteiger charge is -2.22. The van der Waals surface area contributed by atoms with Crippen molar-refractivity contribution in [1.29, 1.82) is 0 Å². The first-order valence-electron chi connectivity index (χ1n) is 9.57. The molecule has 0 saturated carbocycles. The molecule has 5 rings (SSSR count). The van der Waals surface area contributed by atoms with Gasteiger partial charge in [0.1, 0.15) is 16.8 Å². The van der Waals surface area contributed by atoms with Crippen molar-refractivity contribution in [2.24, 2.45) is 0 Å². The van der Waals surface area contributed by atoms with Crippen LogP contribution >= 0.6 is 11.3 Å². The largest absolute Gasteiger partial charge is 0.494 e. The normalized spacial score (nSPS) is 15.6. The average Bonchev–Trinajstić information content (AvgIpc) is 3.39. The molecular formula is C22H17N3O4S. The maximum Gasteiger partial charge on any atom is 0.297 e. The fourth-order valence-corrected chi connectivity index (χ4v) is 4.28. The number of carbonyl (C=O) groups is 1. The molecule has 1 aliphatic heterocycles. The molecule has 0 N–H and O–H groups in total. The Morgan fingerprint density at radius 2 is 2.03 bits per heavy atom. The highest BCUT2D eigenvalue weighted by molar-refractivity contribution is 7.13. The zero-order valence-corrected chi connectivity index (χ0v) is 16.9. The van der Waals surface area contributed by atoms with Crippen LogP contribution in [-0.2, 0) is 0 Å². The Balaban J connectivity index is 1.75. The van der Waals surface area contributed by atoms with Crippen LogP contribution in [0.4, 0.5) is 5.13 Å². The molecule has 1 unspecified atom stereocenters. The average molecular weight is 419 g/mol. The summed E-state index contributed by atoms with van der Waals surface area (Å²) in [5, 5.41) is 8.79. The molecule has 8 heteroatoms. The summed E-state index contributed by atoms with van der Waals surface area (Å²) in [7, 11) is 0. The lowest BCUT2D eigenvalue weighted by molar-refractivity contribution is 0.0970. The maximum atomic E-state index is 13.4. The van der Waals surface area contributed by atoms with Crippen LogP contribution in [0.15, 0.2) is 63.3 Å². The minimum Gasteiger partial charge on any atom is -0.494 e. The van der Waals surface area contributed by atoms with Crippen LogP contribution < -0.4 is 15.1 Å². The van der Waals surface area contributed by atoms with Crippen molar-refractivity contribution in [3.8, 4) is 5.75 Å². The number of carbonyl (C=O) groups excluding carboxylic acids is 1. The predicted molar refractivity (Wildman–Crippen MR) is 113 cm³/mol. The number of para-hydroxylation sites is 1. The van der Waals surface area contributed by atoms with Crippen LogP contribution in [0.1, 0.15) is 41.1 Å². The van der Waals surface area contributed by atoms with Gasteiger partial charge in [-0.1, -0.05) is 42.5 Å². The van der Waals surface area contributed by atoms with Crippen molar-refractivity contribution in [2.45, 2.75) is 19.4 Å². The van der Waals surface area contributed by atoms with E-state index in [-0.39, 0.29) is 11.2 Å². The molecule has 1 amide bonds. The van der Waals surface area contributed by atoms with Gasteiger partial charge in [0, 0.05) is 0 Å². The second kappa shape index (κ2) is 7.38. The van der Waals surface area contributed by atoms with Gasteiger partial charge in [0.2, 0.25) is 10.9 Å². The van der Waals surface area contributed by atoms with Gasteiger partial charge in [-0.25, -0.2) is 0 Å². The minimum atomic E-state index is -0.675. The SMILES string of the molecule is CCCOc1cccc(C2c3c(oc4ccccc4c3=O)C(=O)N2c2nncs2)c1. The summed E-state index contributed by atoms with van der Waals surface area (Å²) in [6, 6.07) is 13.7. The number of anilines is 1. The van der Waals surface area contributed by atoms with E-state index in [0.717, 1.165) is 12.0 Å². The topological polar surface area (TPSA) is 85.5 Å². The minimum absolute atomic E-state index is 0.0405. The standard InChI is InChI=1S/C22H17N3O4S/c1-2-10-28-14-7-5-6-13(11-14)18-17-19(26)15-8-3-4-9-16(15)29-20(17)21(27)25(18)22-24-23-12-30-22/h3-9,11-12,18H,2,10H2,1H3. The molecule has 0 aliphatic carbocycles. The summed E-state index contributed by atoms with van der Waals surface area (Å²) in [5.41, 5.74) is 2.76. The smallest absolute Gasteiger partial charge is 0.297 e. The van der Waals surface area contributed by atoms with E-state index in [1.165, 1.54) is 16.2 Å². The van der Waals surface area contributed by atoms with Crippen molar-refractivity contribution in [1.82, 2.24) is 10.2 Å². The summed E-state index contributed by atoms with van der Waals surface area (Å²) in [5.74, 6) is 0.311. The summed E-state index contributed by atoms with van der Waals surface area (Å²) in [4.78, 5) is 28.2. The third-order valence-corrected chi connectivity index (χ3v) is 5.67. The Labute approximate surface area is 175 Å². The first-order valence-corrected chi connectivity index (χ1v) is 10.4. The van der Waals surface area contributed by atoms with Crippen molar-refractivity contribution in [3.05, 3.63) is 81.2 Å². The molecule has 2 aromatic heterocycles. The number of aromatic nitrogens is 2. The van der Waals surface area contributed by atoms with Crippen LogP contribution in [0.3, 0.4) is 0 Å². The van der Waals surface area contributed by atoms with E-state index in [2.05, 4.69) is 10.2 Å². The number of nitrogens with zero attached hydrogens (tertiary/aromatic N) is 3. The van der Waals surface area contributed by atoms with Gasteiger partial charge in [-0.3, -0.25) is 14.5 Å². The van der Waals surface area contributed by atoms with Gasteiger partial charge in [-0.2, -0.15) is 0 Å². The number of amides is 1. The van der Waals surface area contributed by atoms with Gasteiger partial charge in [-0.05, 0) is 36.2 Å². The van der Waals surface area contributed by atoms with Crippen molar-refractivity contribution >= 4 is 33.3 Å². The summed E-state index contributed by atoms with van der Waals surface area (Å²) >= 11 is 1.23. The van der Waals surface area contributed by atoms with E-state index < -0.39 is 11.9 Å². The lowest BCUT2D eigenvalue weighted by atomic mass is 9.98. The van der Waals surface area contributed by atoms with E-state index in [9.17, 15) is 9.59 Å². The quantitative estimate of drug-likeness (QED) is 0.482. The molecule has 1 atom stereocenters. The molecule has 0 radical (unpaired) electrons. The number of hydrogen-bond acceptors (Lipinski definition) is 7. The van der Waals surface area contributed by atoms with Crippen LogP contribution in [0, 0.1) is 0 Å². The highest BCUT2D eigenvalue weighted by Crippen LogP contribution is 2.42. The lowest BCUT2D eigenvalue weighted by Crippen LogP contribution is -2.29. The molecule has 2 aromatic carbocycles. The van der Waals surface area contributed by atoms with Gasteiger partial charge >= 0.3 is 0 Å². The Kier molecular flexibility index (Phi) is 4.55. The van der Waals surface area contributed by atoms with Crippen LogP contribution in [0.5, 0.6) is 5.75 Å². The monoisotopic (exact) mass is 419 g/mol. The maximum absolute atomic E-state index is 13.4. The molecule has 0 bridgehead atoms. The molecule has 7 nitrogen and oxygen atoms in total. The van der Waals surface area contributed by atoms with E-state index in [4.69, 9.17) is 9.15 Å². The van der Waals surface area contributed by atoms with Gasteiger partial charge in [0.05, 0.1) is 23.6 Å². The third-order valence-electron chi connectivity index (χ3n) is 4.98. The van der Waals surface area contributed by atoms with Crippen LogP contribution in [0.25, 0.3) is 11.0 Å². The van der Waals surface area contributed by atoms with Gasteiger partial charge in [0.15, 0.2) is 5.43 Å². The predicted octanol–water partition coefficient (Wildman–Crippen LogP) is 4.18. The zero-order chi connectivity index (χ0) is 20.7. The van der Waals surface area contributed by atoms with Gasteiger partial charge in [0.25, 0.3) is 5.91 Å². The summed E-state index contributed by atoms with van der Waals surface area (Å²) in [6.07, 6.45) is 0.876. The number of fused-ring (bicyclic) bond motifs is 2. The highest BCUT2D eigenvalue weighted by Gasteiger charge is 2.45. The second-order valence-electron chi connectivity index (χ2n) is 6.89. The number of ether oxygens (including phenoxy) is 1. The van der Waals surface area contributed by atoms with Crippen molar-refractivity contribution in [2.75, 3.05) is 11.5 Å². The van der Waals surface area contributed by atoms with Gasteiger partial charge < -0.3 is 9.15 Å². The Morgan fingerprint density at radius 1 is 1.17 bits per heavy atom. The summed E-state index contributed by atoms with van der Waals surface area (Å²) < 4.78 is 11.7. The molecule has 1 aliphatic rings. The van der Waals surface area contributed by atoms with Crippen LogP contribution in [-0.4, -0.2) is 22.7 Å². The number of rotatable bonds is 5. The molecule has 0 fully saturated rings. The fraction of sp³-hybridized carbons (Fsp3) is 0.182. The molecule has 150 valence electrons. The molecule has 30 heavy (non-hydrogen) atoms. The highest BCUT2D eigenvalue weighted by atomic mass is 32.1.